The average molecular weight is 767 g/mol. The zero-order chi connectivity index (χ0) is 40.4. The van der Waals surface area contributed by atoms with Crippen LogP contribution in [0.2, 0.25) is 0 Å². The van der Waals surface area contributed by atoms with Gasteiger partial charge < -0.3 is 13.6 Å². The van der Waals surface area contributed by atoms with Crippen LogP contribution in [0.5, 0.6) is 17.2 Å². The predicted molar refractivity (Wildman–Crippen MR) is 238 cm³/mol. The molecule has 0 fully saturated rings. The van der Waals surface area contributed by atoms with Crippen LogP contribution in [-0.2, 0) is 0 Å². The molecule has 6 aromatic carbocycles. The first-order valence-corrected chi connectivity index (χ1v) is 21.5. The molecule has 6 aromatic rings. The van der Waals surface area contributed by atoms with Crippen LogP contribution in [0.15, 0.2) is 103 Å². The molecule has 0 aliphatic carbocycles. The molecule has 0 unspecified atom stereocenters. The van der Waals surface area contributed by atoms with E-state index in [4.69, 9.17) is 13.6 Å². The monoisotopic (exact) mass is 766 g/mol. The van der Waals surface area contributed by atoms with Gasteiger partial charge in [0, 0.05) is 11.1 Å². The summed E-state index contributed by atoms with van der Waals surface area (Å²) in [6, 6.07) is 35.0. The Hall–Kier alpha value is -4.66. The number of benzene rings is 6. The van der Waals surface area contributed by atoms with Crippen molar-refractivity contribution in [2.24, 2.45) is 0 Å². The standard InChI is InChI=1S/C51H59O4P/c1-30(2)38-22-40-26-45(34(9)10)49(28-47(40)43(24-38)32(5)6)54-56(53-42-20-18-37(19-21-42)51(52)36-16-14-13-15-17-36)55-50-29-48-41(27-46(50)35(11)12)23-39(31(3)4)25-44(48)33(7)8/h13-35H,1-12H3. The second-order valence-corrected chi connectivity index (χ2v) is 18.1. The molecule has 0 aliphatic heterocycles. The van der Waals surface area contributed by atoms with Crippen molar-refractivity contribution in [1.29, 1.82) is 0 Å². The van der Waals surface area contributed by atoms with E-state index in [1.54, 1.807) is 0 Å². The van der Waals surface area contributed by atoms with E-state index in [9.17, 15) is 4.79 Å². The Balaban J connectivity index is 1.48. The smallest absolute Gasteiger partial charge is 0.409 e. The highest BCUT2D eigenvalue weighted by molar-refractivity contribution is 7.43. The maximum atomic E-state index is 13.3. The Morgan fingerprint density at radius 1 is 0.429 bits per heavy atom. The molecule has 0 amide bonds. The van der Waals surface area contributed by atoms with E-state index in [0.29, 0.717) is 40.5 Å². The van der Waals surface area contributed by atoms with Gasteiger partial charge in [0.1, 0.15) is 17.2 Å². The molecule has 6 rings (SSSR count). The molecule has 0 saturated heterocycles. The van der Waals surface area contributed by atoms with Crippen LogP contribution in [-0.4, -0.2) is 5.78 Å². The van der Waals surface area contributed by atoms with Gasteiger partial charge in [-0.25, -0.2) is 0 Å². The largest absolute Gasteiger partial charge is 0.530 e. The van der Waals surface area contributed by atoms with Crippen LogP contribution in [0.1, 0.15) is 168 Å². The highest BCUT2D eigenvalue weighted by Gasteiger charge is 2.27. The molecule has 292 valence electrons. The van der Waals surface area contributed by atoms with Crippen LogP contribution < -0.4 is 13.6 Å². The topological polar surface area (TPSA) is 44.8 Å². The third-order valence-electron chi connectivity index (χ3n) is 10.8. The maximum absolute atomic E-state index is 13.3. The van der Waals surface area contributed by atoms with Crippen LogP contribution in [0.3, 0.4) is 0 Å². The Bertz CT molecular complexity index is 2200. The number of hydrogen-bond donors (Lipinski definition) is 0. The van der Waals surface area contributed by atoms with E-state index in [2.05, 4.69) is 132 Å². The van der Waals surface area contributed by atoms with Gasteiger partial charge in [-0.3, -0.25) is 4.79 Å². The lowest BCUT2D eigenvalue weighted by Crippen LogP contribution is -2.07. The average Bonchev–Trinajstić information content (AvgIpc) is 3.16. The van der Waals surface area contributed by atoms with Crippen molar-refractivity contribution >= 4 is 35.9 Å². The Labute approximate surface area is 336 Å². The van der Waals surface area contributed by atoms with E-state index in [-0.39, 0.29) is 17.6 Å². The van der Waals surface area contributed by atoms with Gasteiger partial charge in [-0.2, -0.15) is 0 Å². The van der Waals surface area contributed by atoms with Crippen molar-refractivity contribution in [2.75, 3.05) is 0 Å². The van der Waals surface area contributed by atoms with Gasteiger partial charge in [-0.1, -0.05) is 138 Å². The molecular formula is C51H59O4P. The van der Waals surface area contributed by atoms with Gasteiger partial charge in [0.2, 0.25) is 0 Å². The van der Waals surface area contributed by atoms with Gasteiger partial charge in [-0.05, 0) is 139 Å². The van der Waals surface area contributed by atoms with E-state index >= 15 is 0 Å². The van der Waals surface area contributed by atoms with Gasteiger partial charge in [0.05, 0.1) is 0 Å². The van der Waals surface area contributed by atoms with Crippen molar-refractivity contribution in [3.05, 3.63) is 148 Å². The molecule has 0 N–H and O–H groups in total. The third kappa shape index (κ3) is 8.98. The summed E-state index contributed by atoms with van der Waals surface area (Å²) in [5, 5.41) is 4.80. The van der Waals surface area contributed by atoms with Crippen molar-refractivity contribution in [2.45, 2.75) is 119 Å². The lowest BCUT2D eigenvalue weighted by molar-refractivity contribution is 0.103. The molecule has 0 saturated carbocycles. The summed E-state index contributed by atoms with van der Waals surface area (Å²) in [5.41, 5.74) is 8.72. The summed E-state index contributed by atoms with van der Waals surface area (Å²) < 4.78 is 20.7. The molecule has 5 heteroatoms. The Morgan fingerprint density at radius 2 is 0.839 bits per heavy atom. The van der Waals surface area contributed by atoms with E-state index in [0.717, 1.165) is 22.6 Å². The van der Waals surface area contributed by atoms with Crippen molar-refractivity contribution in [3.63, 3.8) is 0 Å². The normalized spacial score (nSPS) is 12.1. The van der Waals surface area contributed by atoms with Gasteiger partial charge in [0.25, 0.3) is 0 Å². The van der Waals surface area contributed by atoms with Gasteiger partial charge >= 0.3 is 8.60 Å². The molecule has 0 heterocycles. The third-order valence-corrected chi connectivity index (χ3v) is 11.8. The second kappa shape index (κ2) is 17.2. The molecule has 0 aromatic heterocycles. The minimum Gasteiger partial charge on any atom is -0.409 e. The summed E-state index contributed by atoms with van der Waals surface area (Å²) in [4.78, 5) is 13.3. The molecule has 0 bridgehead atoms. The number of hydrogen-bond acceptors (Lipinski definition) is 4. The zero-order valence-corrected chi connectivity index (χ0v) is 36.3. The van der Waals surface area contributed by atoms with Gasteiger partial charge in [0.15, 0.2) is 5.78 Å². The number of carbonyl (C=O) groups excluding carboxylic acids is 1. The summed E-state index contributed by atoms with van der Waals surface area (Å²) in [6.45, 7) is 26.8. The molecule has 4 nitrogen and oxygen atoms in total. The fraction of sp³-hybridized carbons (Fsp3) is 0.353. The molecule has 0 aliphatic rings. The first-order chi connectivity index (χ1) is 26.6. The minimum atomic E-state index is -2.02. The van der Waals surface area contributed by atoms with Crippen LogP contribution in [0, 0.1) is 0 Å². The minimum absolute atomic E-state index is 0.0365. The maximum Gasteiger partial charge on any atom is 0.530 e. The fourth-order valence-corrected chi connectivity index (χ4v) is 8.38. The molecule has 0 spiro atoms. The lowest BCUT2D eigenvalue weighted by atomic mass is 9.88. The summed E-state index contributed by atoms with van der Waals surface area (Å²) in [7, 11) is -2.02. The van der Waals surface area contributed by atoms with Crippen LogP contribution in [0.25, 0.3) is 21.5 Å². The predicted octanol–water partition coefficient (Wildman–Crippen LogP) is 15.7. The van der Waals surface area contributed by atoms with E-state index < -0.39 is 8.60 Å². The number of fused-ring (bicyclic) bond motifs is 2. The number of carbonyl (C=O) groups is 1. The van der Waals surface area contributed by atoms with Crippen LogP contribution in [0.4, 0.5) is 0 Å². The molecule has 56 heavy (non-hydrogen) atoms. The first-order valence-electron chi connectivity index (χ1n) is 20.4. The fourth-order valence-electron chi connectivity index (χ4n) is 7.33. The van der Waals surface area contributed by atoms with E-state index in [1.165, 1.54) is 43.8 Å². The highest BCUT2D eigenvalue weighted by Crippen LogP contribution is 2.49. The zero-order valence-electron chi connectivity index (χ0n) is 35.4. The van der Waals surface area contributed by atoms with Crippen molar-refractivity contribution in [1.82, 2.24) is 0 Å². The number of rotatable bonds is 14. The van der Waals surface area contributed by atoms with Crippen LogP contribution >= 0.6 is 8.60 Å². The molecule has 0 radical (unpaired) electrons. The van der Waals surface area contributed by atoms with E-state index in [1.807, 2.05) is 54.6 Å². The second-order valence-electron chi connectivity index (χ2n) is 17.1. The SMILES string of the molecule is CC(C)c1cc(C(C)C)c2cc(OP(Oc3ccc(C(=O)c4ccccc4)cc3)Oc3cc4c(C(C)C)cc(C(C)C)cc4cc3C(C)C)c(C(C)C)cc2c1. The summed E-state index contributed by atoms with van der Waals surface area (Å²) in [5.74, 6) is 3.92. The van der Waals surface area contributed by atoms with Crippen molar-refractivity contribution in [3.8, 4) is 17.2 Å². The summed E-state index contributed by atoms with van der Waals surface area (Å²) >= 11 is 0. The van der Waals surface area contributed by atoms with Crippen molar-refractivity contribution < 1.29 is 18.4 Å². The Kier molecular flexibility index (Phi) is 12.6. The quantitative estimate of drug-likeness (QED) is 0.0818. The summed E-state index contributed by atoms with van der Waals surface area (Å²) in [6.07, 6.45) is 0. The first kappa shape index (κ1) is 41.0. The highest BCUT2D eigenvalue weighted by atomic mass is 31.2. The van der Waals surface area contributed by atoms with Gasteiger partial charge in [-0.15, -0.1) is 0 Å². The lowest BCUT2D eigenvalue weighted by Gasteiger charge is -2.24. The molecule has 0 atom stereocenters. The molecular weight excluding hydrogens is 708 g/mol. The number of ketones is 1. The Morgan fingerprint density at radius 3 is 1.23 bits per heavy atom.